The van der Waals surface area contributed by atoms with Crippen molar-refractivity contribution in [1.82, 2.24) is 4.57 Å². The zero-order valence-corrected chi connectivity index (χ0v) is 27.5. The molecule has 2 heteroatoms. The number of nitrogens with zero attached hydrogens (tertiary/aromatic N) is 2. The number of rotatable bonds is 7. The van der Waals surface area contributed by atoms with Crippen molar-refractivity contribution < 1.29 is 0 Å². The molecule has 9 aromatic rings. The molecule has 0 saturated carbocycles. The molecular formula is C48H34N2. The van der Waals surface area contributed by atoms with Gasteiger partial charge in [-0.3, -0.25) is 0 Å². The lowest BCUT2D eigenvalue weighted by Crippen LogP contribution is -2.10. The maximum atomic E-state index is 2.38. The first-order valence-electron chi connectivity index (χ1n) is 17.1. The zero-order chi connectivity index (χ0) is 33.3. The lowest BCUT2D eigenvalue weighted by molar-refractivity contribution is 1.18. The first-order valence-corrected chi connectivity index (χ1v) is 17.1. The van der Waals surface area contributed by atoms with Crippen LogP contribution in [0, 0.1) is 0 Å². The highest BCUT2D eigenvalue weighted by Crippen LogP contribution is 2.40. The maximum absolute atomic E-state index is 2.38. The summed E-state index contributed by atoms with van der Waals surface area (Å²) in [6, 6.07) is 74.1. The minimum absolute atomic E-state index is 1.10. The molecule has 0 unspecified atom stereocenters. The minimum atomic E-state index is 1.10. The van der Waals surface area contributed by atoms with E-state index in [0.717, 1.165) is 22.7 Å². The van der Waals surface area contributed by atoms with E-state index in [1.807, 2.05) is 0 Å². The fourth-order valence-corrected chi connectivity index (χ4v) is 7.19. The number of hydrogen-bond acceptors (Lipinski definition) is 1. The maximum Gasteiger partial charge on any atom is 0.0541 e. The number of aromatic nitrogens is 1. The standard InChI is InChI=1S/C48H34N2/c1-4-15-35(16-5-1)39-31-40(36-17-6-2-7-18-36)34-44(33-39)49(41-20-8-3-9-21-41)42-29-27-37(28-30-42)38-19-14-22-43(32-38)50-47-25-12-10-23-45(47)46-24-11-13-26-48(46)50/h1-34H. The van der Waals surface area contributed by atoms with Gasteiger partial charge in [-0.05, 0) is 100 Å². The quantitative estimate of drug-likeness (QED) is 0.169. The third kappa shape index (κ3) is 5.43. The first-order chi connectivity index (χ1) is 24.8. The van der Waals surface area contributed by atoms with E-state index in [0.29, 0.717) is 0 Å². The molecule has 0 spiro atoms. The van der Waals surface area contributed by atoms with Gasteiger partial charge in [-0.1, -0.05) is 140 Å². The lowest BCUT2D eigenvalue weighted by Gasteiger charge is -2.27. The molecule has 0 amide bonds. The van der Waals surface area contributed by atoms with Crippen LogP contribution in [0.2, 0.25) is 0 Å². The Morgan fingerprint density at radius 3 is 1.32 bits per heavy atom. The Balaban J connectivity index is 1.14. The predicted molar refractivity (Wildman–Crippen MR) is 212 cm³/mol. The largest absolute Gasteiger partial charge is 0.310 e. The molecule has 0 radical (unpaired) electrons. The smallest absolute Gasteiger partial charge is 0.0541 e. The third-order valence-corrected chi connectivity index (χ3v) is 9.55. The molecule has 0 fully saturated rings. The van der Waals surface area contributed by atoms with Gasteiger partial charge in [0.05, 0.1) is 11.0 Å². The van der Waals surface area contributed by atoms with E-state index >= 15 is 0 Å². The van der Waals surface area contributed by atoms with Crippen LogP contribution in [0.3, 0.4) is 0 Å². The van der Waals surface area contributed by atoms with Gasteiger partial charge in [-0.15, -0.1) is 0 Å². The van der Waals surface area contributed by atoms with Crippen LogP contribution in [0.4, 0.5) is 17.1 Å². The SMILES string of the molecule is c1ccc(-c2cc(-c3ccccc3)cc(N(c3ccccc3)c3ccc(-c4cccc(-n5c6ccccc6c6ccccc65)c4)cc3)c2)cc1. The number of fused-ring (bicyclic) bond motifs is 3. The van der Waals surface area contributed by atoms with Crippen LogP contribution >= 0.6 is 0 Å². The van der Waals surface area contributed by atoms with Crippen molar-refractivity contribution in [2.75, 3.05) is 4.90 Å². The van der Waals surface area contributed by atoms with Crippen molar-refractivity contribution in [1.29, 1.82) is 0 Å². The van der Waals surface area contributed by atoms with Gasteiger partial charge in [-0.2, -0.15) is 0 Å². The number of para-hydroxylation sites is 3. The summed E-state index contributed by atoms with van der Waals surface area (Å²) in [6.07, 6.45) is 0. The second-order valence-corrected chi connectivity index (χ2v) is 12.6. The van der Waals surface area contributed by atoms with Crippen LogP contribution in [0.5, 0.6) is 0 Å². The number of hydrogen-bond donors (Lipinski definition) is 0. The summed E-state index contributed by atoms with van der Waals surface area (Å²) < 4.78 is 2.38. The Labute approximate surface area is 292 Å². The van der Waals surface area contributed by atoms with Gasteiger partial charge in [-0.25, -0.2) is 0 Å². The Morgan fingerprint density at radius 2 is 0.740 bits per heavy atom. The van der Waals surface area contributed by atoms with Crippen molar-refractivity contribution in [3.8, 4) is 39.1 Å². The van der Waals surface area contributed by atoms with E-state index in [1.165, 1.54) is 55.2 Å². The van der Waals surface area contributed by atoms with Gasteiger partial charge in [0.1, 0.15) is 0 Å². The molecule has 1 aromatic heterocycles. The lowest BCUT2D eigenvalue weighted by atomic mass is 9.97. The van der Waals surface area contributed by atoms with E-state index in [4.69, 9.17) is 0 Å². The molecule has 8 aromatic carbocycles. The van der Waals surface area contributed by atoms with E-state index in [2.05, 4.69) is 216 Å². The van der Waals surface area contributed by atoms with E-state index < -0.39 is 0 Å². The normalized spacial score (nSPS) is 11.2. The highest BCUT2D eigenvalue weighted by molar-refractivity contribution is 6.09. The molecule has 0 N–H and O–H groups in total. The molecular weight excluding hydrogens is 605 g/mol. The summed E-state index contributed by atoms with van der Waals surface area (Å²) >= 11 is 0. The first kappa shape index (κ1) is 29.5. The Bertz CT molecular complexity index is 2460. The molecule has 1 heterocycles. The van der Waals surface area contributed by atoms with E-state index in [1.54, 1.807) is 0 Å². The summed E-state index contributed by atoms with van der Waals surface area (Å²) in [6.45, 7) is 0. The van der Waals surface area contributed by atoms with Crippen LogP contribution in [0.25, 0.3) is 60.9 Å². The Kier molecular flexibility index (Phi) is 7.53. The van der Waals surface area contributed by atoms with Crippen molar-refractivity contribution in [2.24, 2.45) is 0 Å². The van der Waals surface area contributed by atoms with Crippen molar-refractivity contribution >= 4 is 38.9 Å². The molecule has 0 aliphatic heterocycles. The molecule has 0 bridgehead atoms. The highest BCUT2D eigenvalue weighted by atomic mass is 15.1. The van der Waals surface area contributed by atoms with Gasteiger partial charge < -0.3 is 9.47 Å². The number of anilines is 3. The molecule has 0 saturated heterocycles. The van der Waals surface area contributed by atoms with Crippen molar-refractivity contribution in [3.05, 3.63) is 206 Å². The molecule has 50 heavy (non-hydrogen) atoms. The van der Waals surface area contributed by atoms with Gasteiger partial charge >= 0.3 is 0 Å². The van der Waals surface area contributed by atoms with Crippen LogP contribution in [0.15, 0.2) is 206 Å². The van der Waals surface area contributed by atoms with Crippen LogP contribution in [-0.2, 0) is 0 Å². The zero-order valence-electron chi connectivity index (χ0n) is 27.5. The molecule has 9 rings (SSSR count). The Hall–Kier alpha value is -6.64. The average molecular weight is 639 g/mol. The van der Waals surface area contributed by atoms with Gasteiger partial charge in [0, 0.05) is 33.5 Å². The fourth-order valence-electron chi connectivity index (χ4n) is 7.19. The topological polar surface area (TPSA) is 8.17 Å². The van der Waals surface area contributed by atoms with Crippen LogP contribution < -0.4 is 4.90 Å². The second kappa shape index (κ2) is 12.8. The Morgan fingerprint density at radius 1 is 0.280 bits per heavy atom. The molecule has 0 aliphatic carbocycles. The van der Waals surface area contributed by atoms with Crippen LogP contribution in [0.1, 0.15) is 0 Å². The van der Waals surface area contributed by atoms with Crippen molar-refractivity contribution in [3.63, 3.8) is 0 Å². The summed E-state index contributed by atoms with van der Waals surface area (Å²) in [4.78, 5) is 2.36. The fraction of sp³-hybridized carbons (Fsp3) is 0. The minimum Gasteiger partial charge on any atom is -0.310 e. The van der Waals surface area contributed by atoms with Crippen LogP contribution in [-0.4, -0.2) is 4.57 Å². The van der Waals surface area contributed by atoms with Gasteiger partial charge in [0.2, 0.25) is 0 Å². The predicted octanol–water partition coefficient (Wildman–Crippen LogP) is 13.3. The third-order valence-electron chi connectivity index (χ3n) is 9.55. The average Bonchev–Trinajstić information content (AvgIpc) is 3.54. The summed E-state index contributed by atoms with van der Waals surface area (Å²) in [7, 11) is 0. The summed E-state index contributed by atoms with van der Waals surface area (Å²) in [5, 5.41) is 2.54. The highest BCUT2D eigenvalue weighted by Gasteiger charge is 2.17. The molecule has 236 valence electrons. The van der Waals surface area contributed by atoms with Gasteiger partial charge in [0.25, 0.3) is 0 Å². The second-order valence-electron chi connectivity index (χ2n) is 12.6. The molecule has 0 atom stereocenters. The monoisotopic (exact) mass is 638 g/mol. The molecule has 2 nitrogen and oxygen atoms in total. The summed E-state index contributed by atoms with van der Waals surface area (Å²) in [5.74, 6) is 0. The molecule has 0 aliphatic rings. The summed E-state index contributed by atoms with van der Waals surface area (Å²) in [5.41, 5.74) is 14.0. The van der Waals surface area contributed by atoms with E-state index in [9.17, 15) is 0 Å². The van der Waals surface area contributed by atoms with E-state index in [-0.39, 0.29) is 0 Å². The van der Waals surface area contributed by atoms with Gasteiger partial charge in [0.15, 0.2) is 0 Å². The van der Waals surface area contributed by atoms with Crippen molar-refractivity contribution in [2.45, 2.75) is 0 Å². The number of benzene rings is 8.